The Kier molecular flexibility index (Phi) is 7.21. The fraction of sp³-hybridized carbons (Fsp3) is 0.185. The lowest BCUT2D eigenvalue weighted by molar-refractivity contribution is 0.0591. The summed E-state index contributed by atoms with van der Waals surface area (Å²) in [4.78, 5) is 34.8. The molecule has 3 heterocycles. The maximum atomic E-state index is 13.1. The molecule has 0 bridgehead atoms. The number of fused-ring (bicyclic) bond motifs is 1. The summed E-state index contributed by atoms with van der Waals surface area (Å²) in [7, 11) is 1.32. The van der Waals surface area contributed by atoms with Crippen molar-refractivity contribution in [2.24, 2.45) is 0 Å². The van der Waals surface area contributed by atoms with Crippen LogP contribution in [0.4, 0.5) is 11.4 Å². The average molecular weight is 470 g/mol. The van der Waals surface area contributed by atoms with E-state index in [0.29, 0.717) is 35.4 Å². The highest BCUT2D eigenvalue weighted by atomic mass is 16.5. The molecule has 178 valence electrons. The number of methoxy groups -OCH3 is 1. The maximum Gasteiger partial charge on any atom is 0.356 e. The lowest BCUT2D eigenvalue weighted by Crippen LogP contribution is -2.17. The van der Waals surface area contributed by atoms with E-state index in [-0.39, 0.29) is 11.6 Å². The van der Waals surface area contributed by atoms with Gasteiger partial charge >= 0.3 is 5.97 Å². The number of benzene rings is 1. The summed E-state index contributed by atoms with van der Waals surface area (Å²) in [5.74, 6) is -0.954. The molecule has 0 fully saturated rings. The zero-order chi connectivity index (χ0) is 24.8. The van der Waals surface area contributed by atoms with Crippen LogP contribution < -0.4 is 10.6 Å². The topological polar surface area (TPSA) is 98.1 Å². The molecule has 2 N–H and O–H groups in total. The standard InChI is InChI=1S/C27H27N5O3/c1-4-18(2)14-29-21-13-22-23(31-26(33)20-11-8-12-28-15-20)24(27(34)35-3)32(25(22)30-16-21)17-19-9-6-5-7-10-19/h4-13,15-16,29H,14,17H2,1-3H3,(H,31,33). The first kappa shape index (κ1) is 23.7. The quantitative estimate of drug-likeness (QED) is 0.281. The van der Waals surface area contributed by atoms with Gasteiger partial charge in [0, 0.05) is 30.9 Å². The molecular weight excluding hydrogens is 442 g/mol. The Labute approximate surface area is 203 Å². The van der Waals surface area contributed by atoms with Crippen LogP contribution in [-0.4, -0.2) is 40.1 Å². The SMILES string of the molecule is CC=C(C)CNc1cnc2c(c1)c(NC(=O)c1cccnc1)c(C(=O)OC)n2Cc1ccccc1. The minimum absolute atomic E-state index is 0.220. The van der Waals surface area contributed by atoms with Gasteiger partial charge in [0.1, 0.15) is 5.65 Å². The van der Waals surface area contributed by atoms with E-state index < -0.39 is 5.97 Å². The third-order valence-electron chi connectivity index (χ3n) is 5.69. The van der Waals surface area contributed by atoms with Gasteiger partial charge in [-0.25, -0.2) is 9.78 Å². The molecule has 1 aromatic carbocycles. The molecule has 4 rings (SSSR count). The number of nitrogens with one attached hydrogen (secondary N) is 2. The zero-order valence-electron chi connectivity index (χ0n) is 19.9. The Hall–Kier alpha value is -4.46. The number of ether oxygens (including phenoxy) is 1. The number of rotatable bonds is 8. The Morgan fingerprint density at radius 2 is 1.91 bits per heavy atom. The van der Waals surface area contributed by atoms with E-state index in [1.54, 1.807) is 29.1 Å². The molecule has 0 saturated carbocycles. The number of hydrogen-bond donors (Lipinski definition) is 2. The van der Waals surface area contributed by atoms with Crippen molar-refractivity contribution in [2.45, 2.75) is 20.4 Å². The van der Waals surface area contributed by atoms with E-state index >= 15 is 0 Å². The van der Waals surface area contributed by atoms with E-state index in [4.69, 9.17) is 4.74 Å². The molecule has 35 heavy (non-hydrogen) atoms. The number of carbonyl (C=O) groups is 2. The largest absolute Gasteiger partial charge is 0.464 e. The van der Waals surface area contributed by atoms with Crippen molar-refractivity contribution in [1.29, 1.82) is 0 Å². The van der Waals surface area contributed by atoms with Crippen LogP contribution in [-0.2, 0) is 11.3 Å². The molecule has 8 nitrogen and oxygen atoms in total. The minimum atomic E-state index is -0.570. The Balaban J connectivity index is 1.87. The van der Waals surface area contributed by atoms with Gasteiger partial charge in [-0.15, -0.1) is 0 Å². The van der Waals surface area contributed by atoms with Crippen molar-refractivity contribution in [2.75, 3.05) is 24.3 Å². The van der Waals surface area contributed by atoms with Crippen LogP contribution in [0.2, 0.25) is 0 Å². The summed E-state index contributed by atoms with van der Waals surface area (Å²) in [5.41, 5.74) is 4.42. The number of esters is 1. The highest BCUT2D eigenvalue weighted by molar-refractivity contribution is 6.14. The number of aromatic nitrogens is 3. The van der Waals surface area contributed by atoms with E-state index in [0.717, 1.165) is 11.3 Å². The maximum absolute atomic E-state index is 13.1. The second-order valence-corrected chi connectivity index (χ2v) is 8.07. The van der Waals surface area contributed by atoms with Crippen LogP contribution in [0.5, 0.6) is 0 Å². The molecule has 0 aliphatic heterocycles. The normalized spacial score (nSPS) is 11.3. The zero-order valence-corrected chi connectivity index (χ0v) is 19.9. The van der Waals surface area contributed by atoms with Crippen molar-refractivity contribution >= 4 is 34.3 Å². The van der Waals surface area contributed by atoms with Crippen molar-refractivity contribution < 1.29 is 14.3 Å². The van der Waals surface area contributed by atoms with Crippen LogP contribution >= 0.6 is 0 Å². The Morgan fingerprint density at radius 1 is 1.11 bits per heavy atom. The summed E-state index contributed by atoms with van der Waals surface area (Å²) in [5, 5.41) is 6.88. The third kappa shape index (κ3) is 5.22. The van der Waals surface area contributed by atoms with Crippen molar-refractivity contribution in [3.8, 4) is 0 Å². The first-order chi connectivity index (χ1) is 17.0. The molecule has 0 aliphatic rings. The van der Waals surface area contributed by atoms with E-state index in [9.17, 15) is 9.59 Å². The first-order valence-corrected chi connectivity index (χ1v) is 11.2. The van der Waals surface area contributed by atoms with Gasteiger partial charge in [0.15, 0.2) is 5.69 Å². The van der Waals surface area contributed by atoms with Gasteiger partial charge in [-0.2, -0.15) is 0 Å². The number of allylic oxidation sites excluding steroid dienone is 1. The monoisotopic (exact) mass is 469 g/mol. The molecule has 0 radical (unpaired) electrons. The van der Waals surface area contributed by atoms with Gasteiger partial charge in [0.05, 0.1) is 30.2 Å². The second kappa shape index (κ2) is 10.6. The third-order valence-corrected chi connectivity index (χ3v) is 5.69. The fourth-order valence-corrected chi connectivity index (χ4v) is 3.70. The molecule has 0 atom stereocenters. The number of nitrogens with zero attached hydrogens (tertiary/aromatic N) is 3. The number of anilines is 2. The van der Waals surface area contributed by atoms with Crippen LogP contribution in [0, 0.1) is 0 Å². The highest BCUT2D eigenvalue weighted by Crippen LogP contribution is 2.33. The molecule has 0 spiro atoms. The van der Waals surface area contributed by atoms with E-state index in [1.165, 1.54) is 18.9 Å². The van der Waals surface area contributed by atoms with Crippen LogP contribution in [0.1, 0.15) is 40.3 Å². The lowest BCUT2D eigenvalue weighted by atomic mass is 10.2. The van der Waals surface area contributed by atoms with Gasteiger partial charge in [0.2, 0.25) is 0 Å². The highest BCUT2D eigenvalue weighted by Gasteiger charge is 2.26. The van der Waals surface area contributed by atoms with Gasteiger partial charge in [-0.3, -0.25) is 9.78 Å². The van der Waals surface area contributed by atoms with E-state index in [1.807, 2.05) is 56.3 Å². The molecule has 3 aromatic heterocycles. The predicted molar refractivity (Wildman–Crippen MR) is 137 cm³/mol. The van der Waals surface area contributed by atoms with E-state index in [2.05, 4.69) is 20.6 Å². The lowest BCUT2D eigenvalue weighted by Gasteiger charge is -2.11. The summed E-state index contributed by atoms with van der Waals surface area (Å²) >= 11 is 0. The van der Waals surface area contributed by atoms with Crippen LogP contribution in [0.25, 0.3) is 11.0 Å². The molecule has 0 aliphatic carbocycles. The number of carbonyl (C=O) groups excluding carboxylic acids is 2. The second-order valence-electron chi connectivity index (χ2n) is 8.07. The molecule has 4 aromatic rings. The smallest absolute Gasteiger partial charge is 0.356 e. The van der Waals surface area contributed by atoms with Crippen molar-refractivity contribution in [1.82, 2.24) is 14.5 Å². The fourth-order valence-electron chi connectivity index (χ4n) is 3.70. The minimum Gasteiger partial charge on any atom is -0.464 e. The van der Waals surface area contributed by atoms with Gasteiger partial charge in [-0.1, -0.05) is 42.0 Å². The van der Waals surface area contributed by atoms with Crippen LogP contribution in [0.3, 0.4) is 0 Å². The van der Waals surface area contributed by atoms with Gasteiger partial charge in [0.25, 0.3) is 5.91 Å². The molecule has 0 unspecified atom stereocenters. The van der Waals surface area contributed by atoms with Crippen LogP contribution in [0.15, 0.2) is 78.8 Å². The van der Waals surface area contributed by atoms with Gasteiger partial charge < -0.3 is 19.9 Å². The summed E-state index contributed by atoms with van der Waals surface area (Å²) < 4.78 is 6.90. The summed E-state index contributed by atoms with van der Waals surface area (Å²) in [6.07, 6.45) is 6.82. The molecule has 8 heteroatoms. The average Bonchev–Trinajstić information content (AvgIpc) is 3.19. The van der Waals surface area contributed by atoms with Crippen molar-refractivity contribution in [3.05, 3.63) is 95.6 Å². The summed E-state index contributed by atoms with van der Waals surface area (Å²) in [6, 6.07) is 15.0. The number of hydrogen-bond acceptors (Lipinski definition) is 6. The van der Waals surface area contributed by atoms with Gasteiger partial charge in [-0.05, 0) is 37.6 Å². The number of pyridine rings is 2. The molecular formula is C27H27N5O3. The predicted octanol–water partition coefficient (Wildman–Crippen LogP) is 4.90. The summed E-state index contributed by atoms with van der Waals surface area (Å²) in [6.45, 7) is 5.04. The first-order valence-electron chi connectivity index (χ1n) is 11.2. The molecule has 0 saturated heterocycles. The molecule has 1 amide bonds. The number of amides is 1. The Morgan fingerprint density at radius 3 is 2.60 bits per heavy atom. The van der Waals surface area contributed by atoms with Crippen molar-refractivity contribution in [3.63, 3.8) is 0 Å². The Bertz CT molecular complexity index is 1380.